The fourth-order valence-corrected chi connectivity index (χ4v) is 3.55. The minimum atomic E-state index is -5.07. The number of halogens is 4. The number of benzene rings is 1. The number of aromatic nitrogens is 3. The normalized spacial score (nSPS) is 15.7. The van der Waals surface area contributed by atoms with Gasteiger partial charge in [0.25, 0.3) is 5.82 Å². The molecule has 1 heterocycles. The van der Waals surface area contributed by atoms with E-state index in [2.05, 4.69) is 10.1 Å². The molecular formula is C15H16F4N4O2S. The molecule has 0 unspecified atom stereocenters. The van der Waals surface area contributed by atoms with Crippen molar-refractivity contribution in [2.45, 2.75) is 49.6 Å². The minimum absolute atomic E-state index is 0.0406. The lowest BCUT2D eigenvalue weighted by atomic mass is 9.96. The van der Waals surface area contributed by atoms with E-state index >= 15 is 0 Å². The van der Waals surface area contributed by atoms with Crippen LogP contribution in [-0.2, 0) is 16.4 Å². The van der Waals surface area contributed by atoms with Gasteiger partial charge < -0.3 is 5.73 Å². The van der Waals surface area contributed by atoms with Crippen LogP contribution in [0.2, 0.25) is 0 Å². The van der Waals surface area contributed by atoms with E-state index in [1.165, 1.54) is 6.07 Å². The Bertz CT molecular complexity index is 963. The quantitative estimate of drug-likeness (QED) is 0.635. The summed E-state index contributed by atoms with van der Waals surface area (Å²) in [5.41, 5.74) is 6.35. The molecule has 11 heteroatoms. The van der Waals surface area contributed by atoms with E-state index < -0.39 is 33.1 Å². The van der Waals surface area contributed by atoms with Gasteiger partial charge in [0.1, 0.15) is 4.90 Å². The summed E-state index contributed by atoms with van der Waals surface area (Å²) in [7, 11) is -5.07. The first-order valence-electron chi connectivity index (χ1n) is 7.82. The second-order valence-electron chi connectivity index (χ2n) is 6.52. The third-order valence-electron chi connectivity index (χ3n) is 4.17. The third-order valence-corrected chi connectivity index (χ3v) is 5.05. The van der Waals surface area contributed by atoms with Gasteiger partial charge in [-0.2, -0.15) is 31.3 Å². The zero-order valence-corrected chi connectivity index (χ0v) is 14.7. The maximum absolute atomic E-state index is 13.8. The van der Waals surface area contributed by atoms with Gasteiger partial charge in [-0.25, -0.2) is 0 Å². The summed E-state index contributed by atoms with van der Waals surface area (Å²) in [6.45, 7) is 3.55. The summed E-state index contributed by atoms with van der Waals surface area (Å²) in [6.07, 6.45) is -3.37. The lowest BCUT2D eigenvalue weighted by molar-refractivity contribution is -0.144. The van der Waals surface area contributed by atoms with Gasteiger partial charge in [0, 0.05) is 0 Å². The Kier molecular flexibility index (Phi) is 4.25. The standard InChI is InChI=1S/C15H16F4N4O2S/c1-7(2)9-5-10(8-3-4-8)12(26(19,24)25)6-11(9)23-14(20)21-13(22-23)15(16,17)18/h5-8H,3-4H2,1-2H3,(H2,20,21,22). The van der Waals surface area contributed by atoms with Crippen molar-refractivity contribution < 1.29 is 25.5 Å². The topological polar surface area (TPSA) is 90.9 Å². The van der Waals surface area contributed by atoms with Gasteiger partial charge in [0.05, 0.1) is 5.69 Å². The largest absolute Gasteiger partial charge is 0.453 e. The van der Waals surface area contributed by atoms with E-state index in [1.54, 1.807) is 13.8 Å². The summed E-state index contributed by atoms with van der Waals surface area (Å²) in [4.78, 5) is 2.62. The van der Waals surface area contributed by atoms with Gasteiger partial charge in [-0.3, -0.25) is 0 Å². The summed E-state index contributed by atoms with van der Waals surface area (Å²) in [5.74, 6) is -2.31. The van der Waals surface area contributed by atoms with Crippen LogP contribution >= 0.6 is 0 Å². The van der Waals surface area contributed by atoms with Crippen molar-refractivity contribution in [2.24, 2.45) is 0 Å². The number of alkyl halides is 3. The van der Waals surface area contributed by atoms with Crippen molar-refractivity contribution >= 4 is 16.2 Å². The highest BCUT2D eigenvalue weighted by Gasteiger charge is 2.38. The molecule has 2 N–H and O–H groups in total. The molecule has 0 amide bonds. The second-order valence-corrected chi connectivity index (χ2v) is 7.83. The highest BCUT2D eigenvalue weighted by atomic mass is 32.3. The summed E-state index contributed by atoms with van der Waals surface area (Å²) >= 11 is 0. The van der Waals surface area contributed by atoms with Crippen LogP contribution in [0.25, 0.3) is 5.69 Å². The Morgan fingerprint density at radius 2 is 1.88 bits per heavy atom. The van der Waals surface area contributed by atoms with Crippen molar-refractivity contribution in [1.29, 1.82) is 0 Å². The van der Waals surface area contributed by atoms with Crippen LogP contribution in [0.5, 0.6) is 0 Å². The number of nitrogens with two attached hydrogens (primary N) is 1. The predicted octanol–water partition coefficient (Wildman–Crippen LogP) is 3.53. The highest BCUT2D eigenvalue weighted by molar-refractivity contribution is 7.86. The Balaban J connectivity index is 2.28. The molecule has 1 fully saturated rings. The number of nitrogen functional groups attached to an aromatic ring is 1. The first kappa shape index (κ1) is 18.6. The second kappa shape index (κ2) is 5.93. The summed E-state index contributed by atoms with van der Waals surface area (Å²) < 4.78 is 76.2. The van der Waals surface area contributed by atoms with Crippen LogP contribution in [0.1, 0.15) is 55.5 Å². The van der Waals surface area contributed by atoms with E-state index in [-0.39, 0.29) is 17.5 Å². The molecule has 6 nitrogen and oxygen atoms in total. The van der Waals surface area contributed by atoms with Crippen LogP contribution in [0.15, 0.2) is 17.0 Å². The molecule has 2 aromatic rings. The Hall–Kier alpha value is -2.17. The first-order chi connectivity index (χ1) is 11.9. The van der Waals surface area contributed by atoms with Crippen LogP contribution < -0.4 is 5.73 Å². The van der Waals surface area contributed by atoms with Crippen LogP contribution in [0.4, 0.5) is 23.0 Å². The first-order valence-corrected chi connectivity index (χ1v) is 9.20. The predicted molar refractivity (Wildman–Crippen MR) is 85.1 cm³/mol. The number of hydrogen-bond acceptors (Lipinski definition) is 5. The van der Waals surface area contributed by atoms with E-state index in [4.69, 9.17) is 5.73 Å². The zero-order chi connectivity index (χ0) is 19.4. The number of anilines is 1. The average molecular weight is 392 g/mol. The van der Waals surface area contributed by atoms with Crippen molar-refractivity contribution in [3.63, 3.8) is 0 Å². The summed E-state index contributed by atoms with van der Waals surface area (Å²) in [5, 5.41) is 3.35. The van der Waals surface area contributed by atoms with Gasteiger partial charge in [-0.1, -0.05) is 19.9 Å². The van der Waals surface area contributed by atoms with Crippen molar-refractivity contribution in [3.05, 3.63) is 29.1 Å². The molecule has 1 aliphatic carbocycles. The smallest absolute Gasteiger partial charge is 0.368 e. The molecule has 1 aromatic carbocycles. The Morgan fingerprint density at radius 1 is 1.27 bits per heavy atom. The molecule has 142 valence electrons. The fourth-order valence-electron chi connectivity index (χ4n) is 2.80. The van der Waals surface area contributed by atoms with Gasteiger partial charge in [0.15, 0.2) is 0 Å². The summed E-state index contributed by atoms with van der Waals surface area (Å²) in [6, 6.07) is 2.50. The van der Waals surface area contributed by atoms with Gasteiger partial charge in [-0.05, 0) is 41.9 Å². The molecule has 0 aliphatic heterocycles. The van der Waals surface area contributed by atoms with Gasteiger partial charge in [-0.15, -0.1) is 8.98 Å². The van der Waals surface area contributed by atoms with Gasteiger partial charge >= 0.3 is 16.4 Å². The lowest BCUT2D eigenvalue weighted by Gasteiger charge is -2.17. The van der Waals surface area contributed by atoms with Crippen LogP contribution in [0, 0.1) is 0 Å². The number of hydrogen-bond donors (Lipinski definition) is 1. The monoisotopic (exact) mass is 392 g/mol. The molecule has 0 saturated heterocycles. The van der Waals surface area contributed by atoms with E-state index in [9.17, 15) is 25.5 Å². The maximum Gasteiger partial charge on any atom is 0.453 e. The van der Waals surface area contributed by atoms with Crippen LogP contribution in [0.3, 0.4) is 0 Å². The van der Waals surface area contributed by atoms with E-state index in [0.29, 0.717) is 15.8 Å². The average Bonchev–Trinajstić information content (AvgIpc) is 3.26. The third kappa shape index (κ3) is 3.39. The Labute approximate surface area is 147 Å². The SMILES string of the molecule is CC(C)c1cc(C2CC2)c(S(=O)(=O)F)cc1-n1nc(C(F)(F)F)nc1N. The molecule has 1 aliphatic rings. The number of nitrogens with zero attached hydrogens (tertiary/aromatic N) is 3. The fraction of sp³-hybridized carbons (Fsp3) is 0.467. The molecule has 0 bridgehead atoms. The molecule has 26 heavy (non-hydrogen) atoms. The highest BCUT2D eigenvalue weighted by Crippen LogP contribution is 2.45. The molecule has 0 spiro atoms. The lowest BCUT2D eigenvalue weighted by Crippen LogP contribution is -2.11. The van der Waals surface area contributed by atoms with Crippen LogP contribution in [-0.4, -0.2) is 23.2 Å². The molecule has 3 rings (SSSR count). The van der Waals surface area contributed by atoms with Gasteiger partial charge in [0.2, 0.25) is 5.95 Å². The minimum Gasteiger partial charge on any atom is -0.368 e. The zero-order valence-electron chi connectivity index (χ0n) is 13.9. The maximum atomic E-state index is 13.8. The molecule has 0 atom stereocenters. The van der Waals surface area contributed by atoms with E-state index in [1.807, 2.05) is 0 Å². The van der Waals surface area contributed by atoms with E-state index in [0.717, 1.165) is 18.9 Å². The van der Waals surface area contributed by atoms with Crippen molar-refractivity contribution in [2.75, 3.05) is 5.73 Å². The molecule has 1 aromatic heterocycles. The Morgan fingerprint density at radius 3 is 2.31 bits per heavy atom. The van der Waals surface area contributed by atoms with Crippen molar-refractivity contribution in [3.8, 4) is 5.69 Å². The molecule has 0 radical (unpaired) electrons. The number of rotatable bonds is 4. The molecule has 1 saturated carbocycles. The molecular weight excluding hydrogens is 376 g/mol. The van der Waals surface area contributed by atoms with Crippen molar-refractivity contribution in [1.82, 2.24) is 14.8 Å².